The van der Waals surface area contributed by atoms with Crippen LogP contribution in [0.2, 0.25) is 0 Å². The van der Waals surface area contributed by atoms with Gasteiger partial charge in [-0.2, -0.15) is 0 Å². The van der Waals surface area contributed by atoms with Crippen molar-refractivity contribution in [2.45, 2.75) is 102 Å². The molecule has 7 rings (SSSR count). The van der Waals surface area contributed by atoms with Gasteiger partial charge in [-0.15, -0.1) is 0 Å². The van der Waals surface area contributed by atoms with E-state index in [1.165, 1.54) is 114 Å². The molecule has 0 saturated heterocycles. The number of hydrogen-bond donors (Lipinski definition) is 0. The molecule has 1 unspecified atom stereocenters. The lowest BCUT2D eigenvalue weighted by Gasteiger charge is -2.25. The fraction of sp³-hybridized carbons (Fsp3) is 0.429. The predicted molar refractivity (Wildman–Crippen MR) is 183 cm³/mol. The standard InChI is InChI=1S/C42H48O2/c1-30-12-6-3-2-4-9-17-39-41(30)42-38-16-11-10-15-36(38)26-27-40(42)44-29-37(28-43-39)35-24-22-34(23-25-35)33-20-18-32(19-21-33)31-13-7-5-8-14-31/h9,17-27,31,37H,1-8,10-16,28-29H2/b17-9-,41-39?. The highest BCUT2D eigenvalue weighted by Crippen LogP contribution is 2.43. The molecule has 2 heteroatoms. The SMILES string of the molecule is C=C1CCCCC/C=C\C2=C1c1c(ccc3c1CCCC3)OCC(c1ccc(-c3ccc(C4CCCCC4)cc3)cc1)CO2. The molecule has 1 saturated carbocycles. The summed E-state index contributed by atoms with van der Waals surface area (Å²) in [5, 5.41) is 0. The lowest BCUT2D eigenvalue weighted by atomic mass is 9.82. The number of rotatable bonds is 3. The smallest absolute Gasteiger partial charge is 0.127 e. The summed E-state index contributed by atoms with van der Waals surface area (Å²) in [7, 11) is 0. The minimum absolute atomic E-state index is 0.130. The summed E-state index contributed by atoms with van der Waals surface area (Å²) in [6, 6.07) is 23.0. The lowest BCUT2D eigenvalue weighted by Crippen LogP contribution is -2.16. The number of hydrogen-bond acceptors (Lipinski definition) is 2. The van der Waals surface area contributed by atoms with Gasteiger partial charge in [-0.05, 0) is 121 Å². The van der Waals surface area contributed by atoms with Gasteiger partial charge in [0.2, 0.25) is 0 Å². The van der Waals surface area contributed by atoms with E-state index in [9.17, 15) is 0 Å². The molecule has 0 aromatic heterocycles. The topological polar surface area (TPSA) is 18.5 Å². The minimum Gasteiger partial charge on any atom is -0.492 e. The summed E-state index contributed by atoms with van der Waals surface area (Å²) in [5.41, 5.74) is 11.9. The van der Waals surface area contributed by atoms with Crippen molar-refractivity contribution in [2.24, 2.45) is 0 Å². The summed E-state index contributed by atoms with van der Waals surface area (Å²) < 4.78 is 13.6. The molecule has 3 aliphatic carbocycles. The van der Waals surface area contributed by atoms with Gasteiger partial charge < -0.3 is 9.47 Å². The summed E-state index contributed by atoms with van der Waals surface area (Å²) >= 11 is 0. The van der Waals surface area contributed by atoms with Crippen LogP contribution in [0.15, 0.2) is 90.7 Å². The highest BCUT2D eigenvalue weighted by Gasteiger charge is 2.27. The van der Waals surface area contributed by atoms with Gasteiger partial charge in [0.25, 0.3) is 0 Å². The molecule has 4 aliphatic rings. The zero-order valence-electron chi connectivity index (χ0n) is 26.4. The van der Waals surface area contributed by atoms with Crippen LogP contribution in [0.1, 0.15) is 117 Å². The molecule has 3 aromatic carbocycles. The molecular weight excluding hydrogens is 536 g/mol. The fourth-order valence-corrected chi connectivity index (χ4v) is 7.92. The van der Waals surface area contributed by atoms with Crippen molar-refractivity contribution in [1.29, 1.82) is 0 Å². The molecule has 2 nitrogen and oxygen atoms in total. The van der Waals surface area contributed by atoms with Crippen LogP contribution in [0.25, 0.3) is 16.7 Å². The average molecular weight is 585 g/mol. The van der Waals surface area contributed by atoms with Crippen LogP contribution in [0.5, 0.6) is 5.75 Å². The molecule has 1 fully saturated rings. The third-order valence-corrected chi connectivity index (χ3v) is 10.5. The van der Waals surface area contributed by atoms with E-state index in [1.54, 1.807) is 0 Å². The van der Waals surface area contributed by atoms with E-state index in [0.717, 1.165) is 43.1 Å². The Bertz CT molecular complexity index is 1520. The van der Waals surface area contributed by atoms with Gasteiger partial charge in [-0.1, -0.05) is 92.9 Å². The van der Waals surface area contributed by atoms with Gasteiger partial charge >= 0.3 is 0 Å². The first-order valence-corrected chi connectivity index (χ1v) is 17.4. The highest BCUT2D eigenvalue weighted by atomic mass is 16.5. The number of fused-ring (bicyclic) bond motifs is 4. The highest BCUT2D eigenvalue weighted by molar-refractivity contribution is 5.86. The maximum absolute atomic E-state index is 6.82. The molecule has 0 spiro atoms. The van der Waals surface area contributed by atoms with Crippen molar-refractivity contribution in [1.82, 2.24) is 0 Å². The zero-order valence-corrected chi connectivity index (χ0v) is 26.4. The molecule has 0 N–H and O–H groups in total. The minimum atomic E-state index is 0.130. The van der Waals surface area contributed by atoms with Crippen molar-refractivity contribution in [2.75, 3.05) is 13.2 Å². The van der Waals surface area contributed by atoms with E-state index in [4.69, 9.17) is 9.47 Å². The molecule has 0 amide bonds. The second-order valence-corrected chi connectivity index (χ2v) is 13.5. The van der Waals surface area contributed by atoms with E-state index in [0.29, 0.717) is 13.2 Å². The molecule has 1 atom stereocenters. The van der Waals surface area contributed by atoms with E-state index in [-0.39, 0.29) is 5.92 Å². The molecule has 1 aliphatic heterocycles. The Labute approximate surface area is 264 Å². The van der Waals surface area contributed by atoms with Crippen LogP contribution in [0, 0.1) is 0 Å². The summed E-state index contributed by atoms with van der Waals surface area (Å²) in [5.74, 6) is 2.84. The molecule has 228 valence electrons. The summed E-state index contributed by atoms with van der Waals surface area (Å²) in [6.45, 7) is 5.82. The Morgan fingerprint density at radius 2 is 1.25 bits per heavy atom. The van der Waals surface area contributed by atoms with Crippen LogP contribution in [0.3, 0.4) is 0 Å². The van der Waals surface area contributed by atoms with Crippen LogP contribution in [-0.4, -0.2) is 13.2 Å². The van der Waals surface area contributed by atoms with E-state index in [2.05, 4.69) is 79.4 Å². The lowest BCUT2D eigenvalue weighted by molar-refractivity contribution is 0.172. The zero-order chi connectivity index (χ0) is 29.7. The van der Waals surface area contributed by atoms with E-state index >= 15 is 0 Å². The first kappa shape index (κ1) is 29.2. The molecule has 0 bridgehead atoms. The Morgan fingerprint density at radius 1 is 0.591 bits per heavy atom. The quantitative estimate of drug-likeness (QED) is 0.305. The van der Waals surface area contributed by atoms with E-state index in [1.807, 2.05) is 0 Å². The molecule has 1 heterocycles. The number of ether oxygens (including phenoxy) is 2. The number of benzene rings is 3. The van der Waals surface area contributed by atoms with Crippen molar-refractivity contribution in [3.05, 3.63) is 119 Å². The number of aryl methyl sites for hydroxylation is 1. The van der Waals surface area contributed by atoms with Crippen LogP contribution < -0.4 is 4.74 Å². The second-order valence-electron chi connectivity index (χ2n) is 13.5. The van der Waals surface area contributed by atoms with Gasteiger partial charge in [0, 0.05) is 11.1 Å². The first-order valence-electron chi connectivity index (χ1n) is 17.4. The Balaban J connectivity index is 1.18. The van der Waals surface area contributed by atoms with Crippen LogP contribution in [-0.2, 0) is 17.6 Å². The number of allylic oxidation sites excluding steroid dienone is 4. The van der Waals surface area contributed by atoms with E-state index < -0.39 is 0 Å². The predicted octanol–water partition coefficient (Wildman–Crippen LogP) is 11.3. The van der Waals surface area contributed by atoms with Crippen molar-refractivity contribution in [3.63, 3.8) is 0 Å². The molecule has 3 aromatic rings. The van der Waals surface area contributed by atoms with Gasteiger partial charge in [-0.3, -0.25) is 0 Å². The molecular formula is C42H48O2. The fourth-order valence-electron chi connectivity index (χ4n) is 7.92. The second kappa shape index (κ2) is 13.6. The summed E-state index contributed by atoms with van der Waals surface area (Å²) in [4.78, 5) is 0. The summed E-state index contributed by atoms with van der Waals surface area (Å²) in [6.07, 6.45) is 21.9. The Morgan fingerprint density at radius 3 is 2.02 bits per heavy atom. The maximum Gasteiger partial charge on any atom is 0.127 e. The Kier molecular flexibility index (Phi) is 9.05. The average Bonchev–Trinajstić information content (AvgIpc) is 3.16. The van der Waals surface area contributed by atoms with Crippen molar-refractivity contribution in [3.8, 4) is 16.9 Å². The van der Waals surface area contributed by atoms with Crippen LogP contribution in [0.4, 0.5) is 0 Å². The Hall–Kier alpha value is -3.52. The normalized spacial score (nSPS) is 22.2. The largest absolute Gasteiger partial charge is 0.492 e. The van der Waals surface area contributed by atoms with Crippen molar-refractivity contribution < 1.29 is 9.47 Å². The maximum atomic E-state index is 6.82. The van der Waals surface area contributed by atoms with Crippen molar-refractivity contribution >= 4 is 5.57 Å². The van der Waals surface area contributed by atoms with Gasteiger partial charge in [-0.25, -0.2) is 0 Å². The van der Waals surface area contributed by atoms with Crippen LogP contribution >= 0.6 is 0 Å². The first-order chi connectivity index (χ1) is 21.7. The third-order valence-electron chi connectivity index (χ3n) is 10.5. The molecule has 44 heavy (non-hydrogen) atoms. The van der Waals surface area contributed by atoms with Gasteiger partial charge in [0.1, 0.15) is 11.5 Å². The van der Waals surface area contributed by atoms with Gasteiger partial charge in [0.05, 0.1) is 19.1 Å². The van der Waals surface area contributed by atoms with Gasteiger partial charge in [0.15, 0.2) is 0 Å². The monoisotopic (exact) mass is 584 g/mol. The third kappa shape index (κ3) is 6.32. The molecule has 0 radical (unpaired) electrons.